The van der Waals surface area contributed by atoms with E-state index in [0.29, 0.717) is 38.2 Å². The number of aliphatic hydroxyl groups is 1. The number of hydrogen-bond donors (Lipinski definition) is 2. The molecule has 1 aliphatic carbocycles. The van der Waals surface area contributed by atoms with E-state index >= 15 is 0 Å². The Morgan fingerprint density at radius 1 is 1.14 bits per heavy atom. The molecule has 0 radical (unpaired) electrons. The van der Waals surface area contributed by atoms with Crippen LogP contribution in [-0.2, 0) is 22.0 Å². The van der Waals surface area contributed by atoms with Crippen LogP contribution >= 0.6 is 0 Å². The number of H-pyrrole nitrogens is 1. The molecule has 1 amide bonds. The third kappa shape index (κ3) is 3.52. The number of piperidine rings is 2. The molecule has 2 N–H and O–H groups in total. The van der Waals surface area contributed by atoms with Crippen LogP contribution < -0.4 is 5.56 Å². The van der Waals surface area contributed by atoms with E-state index in [1.165, 1.54) is 0 Å². The smallest absolute Gasteiger partial charge is 0.254 e. The third-order valence-corrected chi connectivity index (χ3v) is 7.16. The fraction of sp³-hybridized carbons (Fsp3) is 0.773. The van der Waals surface area contributed by atoms with Crippen LogP contribution in [0.5, 0.6) is 0 Å². The highest BCUT2D eigenvalue weighted by atomic mass is 16.3. The van der Waals surface area contributed by atoms with Gasteiger partial charge in [-0.05, 0) is 45.6 Å². The minimum Gasteiger partial charge on any atom is -0.380 e. The second-order valence-corrected chi connectivity index (χ2v) is 10.4. The largest absolute Gasteiger partial charge is 0.380 e. The summed E-state index contributed by atoms with van der Waals surface area (Å²) < 4.78 is 0. The highest BCUT2D eigenvalue weighted by molar-refractivity contribution is 5.85. The summed E-state index contributed by atoms with van der Waals surface area (Å²) in [6.45, 7) is 8.83. The van der Waals surface area contributed by atoms with E-state index < -0.39 is 5.60 Å². The Bertz CT molecular complexity index is 864. The molecule has 2 fully saturated rings. The van der Waals surface area contributed by atoms with E-state index in [2.05, 4.69) is 9.88 Å². The van der Waals surface area contributed by atoms with Gasteiger partial charge < -0.3 is 19.9 Å². The third-order valence-electron chi connectivity index (χ3n) is 7.16. The first-order valence-electron chi connectivity index (χ1n) is 10.9. The summed E-state index contributed by atoms with van der Waals surface area (Å²) in [5.74, 6) is 0.568. The van der Waals surface area contributed by atoms with Crippen molar-refractivity contribution in [3.05, 3.63) is 27.4 Å². The molecule has 0 aromatic carbocycles. The van der Waals surface area contributed by atoms with E-state index in [4.69, 9.17) is 4.98 Å². The lowest BCUT2D eigenvalue weighted by molar-refractivity contribution is -0.158. The summed E-state index contributed by atoms with van der Waals surface area (Å²) in [7, 11) is 2.02. The standard InChI is InChI=1S/C22H34N4O3/c1-20(2,3)18-23-16-15(17(27)24-18)6-8-21(16)7-5-11-26(14-21)19(28)22(29)9-12-25(4)13-10-22/h29H,5-14H2,1-4H3,(H,23,24,27). The lowest BCUT2D eigenvalue weighted by atomic mass is 9.76. The molecule has 1 spiro atoms. The molecule has 4 rings (SSSR count). The number of carbonyl (C=O) groups excluding carboxylic acids is 1. The van der Waals surface area contributed by atoms with Crippen molar-refractivity contribution in [3.63, 3.8) is 0 Å². The van der Waals surface area contributed by atoms with Crippen molar-refractivity contribution >= 4 is 5.91 Å². The first kappa shape index (κ1) is 20.5. The molecule has 1 unspecified atom stereocenters. The van der Waals surface area contributed by atoms with Gasteiger partial charge in [-0.25, -0.2) is 4.98 Å². The van der Waals surface area contributed by atoms with E-state index in [9.17, 15) is 14.7 Å². The number of nitrogens with zero attached hydrogens (tertiary/aromatic N) is 3. The molecule has 3 aliphatic rings. The Morgan fingerprint density at radius 3 is 2.48 bits per heavy atom. The summed E-state index contributed by atoms with van der Waals surface area (Å²) in [6.07, 6.45) is 4.32. The summed E-state index contributed by atoms with van der Waals surface area (Å²) in [4.78, 5) is 37.9. The highest BCUT2D eigenvalue weighted by Gasteiger charge is 2.49. The lowest BCUT2D eigenvalue weighted by Gasteiger charge is -2.45. The van der Waals surface area contributed by atoms with Crippen LogP contribution in [0.15, 0.2) is 4.79 Å². The van der Waals surface area contributed by atoms with Crippen LogP contribution in [0, 0.1) is 0 Å². The maximum Gasteiger partial charge on any atom is 0.254 e. The zero-order valence-electron chi connectivity index (χ0n) is 18.2. The Morgan fingerprint density at radius 2 is 1.83 bits per heavy atom. The zero-order valence-corrected chi connectivity index (χ0v) is 18.2. The fourth-order valence-corrected chi connectivity index (χ4v) is 5.21. The Balaban J connectivity index is 1.64. The summed E-state index contributed by atoms with van der Waals surface area (Å²) in [5.41, 5.74) is -0.131. The minimum absolute atomic E-state index is 0.0332. The first-order valence-corrected chi connectivity index (χ1v) is 10.9. The van der Waals surface area contributed by atoms with Gasteiger partial charge >= 0.3 is 0 Å². The molecule has 3 heterocycles. The van der Waals surface area contributed by atoms with Crippen LogP contribution in [0.3, 0.4) is 0 Å². The van der Waals surface area contributed by atoms with Gasteiger partial charge in [0.25, 0.3) is 11.5 Å². The average molecular weight is 403 g/mol. The van der Waals surface area contributed by atoms with Crippen LogP contribution in [0.1, 0.15) is 70.0 Å². The lowest BCUT2D eigenvalue weighted by Crippen LogP contribution is -2.58. The number of hydrogen-bond acceptors (Lipinski definition) is 5. The Kier molecular flexibility index (Phi) is 4.89. The number of aromatic amines is 1. The molecule has 29 heavy (non-hydrogen) atoms. The number of nitrogens with one attached hydrogen (secondary N) is 1. The first-order chi connectivity index (χ1) is 13.5. The molecule has 1 aromatic heterocycles. The molecule has 1 atom stereocenters. The van der Waals surface area contributed by atoms with E-state index in [1.54, 1.807) is 0 Å². The van der Waals surface area contributed by atoms with Gasteiger partial charge in [-0.2, -0.15) is 0 Å². The summed E-state index contributed by atoms with van der Waals surface area (Å²) in [5, 5.41) is 11.0. The number of amides is 1. The SMILES string of the molecule is CN1CCC(O)(C(=O)N2CCCC3(CCc4c3nc(C(C)(C)C)[nH]c4=O)C2)CC1. The Labute approximate surface area is 172 Å². The molecule has 2 aliphatic heterocycles. The van der Waals surface area contributed by atoms with Crippen molar-refractivity contribution in [1.29, 1.82) is 0 Å². The number of likely N-dealkylation sites (tertiary alicyclic amines) is 2. The van der Waals surface area contributed by atoms with Crippen molar-refractivity contribution in [1.82, 2.24) is 19.8 Å². The van der Waals surface area contributed by atoms with Crippen molar-refractivity contribution in [2.24, 2.45) is 0 Å². The van der Waals surface area contributed by atoms with E-state index in [-0.39, 0.29) is 22.3 Å². The van der Waals surface area contributed by atoms with Crippen LogP contribution in [0.4, 0.5) is 0 Å². The van der Waals surface area contributed by atoms with Gasteiger partial charge in [-0.1, -0.05) is 20.8 Å². The number of fused-ring (bicyclic) bond motifs is 2. The predicted molar refractivity (Wildman–Crippen MR) is 111 cm³/mol. The number of aromatic nitrogens is 2. The van der Waals surface area contributed by atoms with Gasteiger partial charge in [0.2, 0.25) is 0 Å². The normalized spacial score (nSPS) is 27.3. The van der Waals surface area contributed by atoms with Crippen LogP contribution in [0.2, 0.25) is 0 Å². The fourth-order valence-electron chi connectivity index (χ4n) is 5.21. The second kappa shape index (κ2) is 6.91. The summed E-state index contributed by atoms with van der Waals surface area (Å²) >= 11 is 0. The van der Waals surface area contributed by atoms with Gasteiger partial charge in [-0.15, -0.1) is 0 Å². The van der Waals surface area contributed by atoms with Crippen LogP contribution in [-0.4, -0.2) is 69.6 Å². The molecule has 7 heteroatoms. The zero-order chi connectivity index (χ0) is 21.0. The highest BCUT2D eigenvalue weighted by Crippen LogP contribution is 2.44. The molecule has 1 aromatic rings. The second-order valence-electron chi connectivity index (χ2n) is 10.4. The van der Waals surface area contributed by atoms with E-state index in [0.717, 1.165) is 43.6 Å². The number of carbonyl (C=O) groups is 1. The van der Waals surface area contributed by atoms with Crippen molar-refractivity contribution in [3.8, 4) is 0 Å². The predicted octanol–water partition coefficient (Wildman–Crippen LogP) is 1.33. The molecule has 160 valence electrons. The molecule has 0 bridgehead atoms. The minimum atomic E-state index is -1.26. The monoisotopic (exact) mass is 402 g/mol. The maximum atomic E-state index is 13.3. The van der Waals surface area contributed by atoms with Gasteiger partial charge in [0.1, 0.15) is 11.4 Å². The molecule has 0 saturated carbocycles. The average Bonchev–Trinajstić information content (AvgIpc) is 3.01. The van der Waals surface area contributed by atoms with Gasteiger partial charge in [0.15, 0.2) is 0 Å². The van der Waals surface area contributed by atoms with Gasteiger partial charge in [0.05, 0.1) is 5.69 Å². The Hall–Kier alpha value is -1.73. The number of rotatable bonds is 1. The van der Waals surface area contributed by atoms with E-state index in [1.807, 2.05) is 32.7 Å². The van der Waals surface area contributed by atoms with Gasteiger partial charge in [0, 0.05) is 42.6 Å². The summed E-state index contributed by atoms with van der Waals surface area (Å²) in [6, 6.07) is 0. The molecule has 7 nitrogen and oxygen atoms in total. The molecular weight excluding hydrogens is 368 g/mol. The maximum absolute atomic E-state index is 13.3. The van der Waals surface area contributed by atoms with Crippen LogP contribution in [0.25, 0.3) is 0 Å². The van der Waals surface area contributed by atoms with Crippen molar-refractivity contribution < 1.29 is 9.90 Å². The quantitative estimate of drug-likeness (QED) is 0.740. The molecule has 2 saturated heterocycles. The topological polar surface area (TPSA) is 89.5 Å². The van der Waals surface area contributed by atoms with Gasteiger partial charge in [-0.3, -0.25) is 9.59 Å². The van der Waals surface area contributed by atoms with Crippen molar-refractivity contribution in [2.75, 3.05) is 33.2 Å². The molecular formula is C22H34N4O3. The van der Waals surface area contributed by atoms with Crippen molar-refractivity contribution in [2.45, 2.75) is 75.7 Å².